The summed E-state index contributed by atoms with van der Waals surface area (Å²) in [4.78, 5) is 0. The van der Waals surface area contributed by atoms with E-state index < -0.39 is 0 Å². The number of benzene rings is 2. The minimum atomic E-state index is 0.832. The Morgan fingerprint density at radius 2 is 1.05 bits per heavy atom. The van der Waals surface area contributed by atoms with Crippen LogP contribution in [-0.4, -0.2) is 0 Å². The van der Waals surface area contributed by atoms with E-state index in [1.165, 1.54) is 11.1 Å². The predicted molar refractivity (Wildman–Crippen MR) is 87.4 cm³/mol. The van der Waals surface area contributed by atoms with Gasteiger partial charge in [0.1, 0.15) is 0 Å². The topological polar surface area (TPSA) is 26.0 Å². The summed E-state index contributed by atoms with van der Waals surface area (Å²) in [6, 6.07) is 18.6. The molecule has 0 bridgehead atoms. The highest BCUT2D eigenvalue weighted by atomic mass is 14.5. The Morgan fingerprint density at radius 3 is 1.53 bits per heavy atom. The van der Waals surface area contributed by atoms with E-state index in [4.69, 9.17) is 5.73 Å². The molecule has 2 aromatic carbocycles. The minimum Gasteiger partial charge on any atom is -0.399 e. The standard InChI is InChI=1S/C14H15N.2C2H6/c15-14-10-8-13(9-11-14)7-6-12-4-2-1-3-5-12;2*1-2/h1-5,8-11H,6-7,15H2;2*1-2H3. The van der Waals surface area contributed by atoms with Crippen LogP contribution in [0.2, 0.25) is 0 Å². The monoisotopic (exact) mass is 257 g/mol. The van der Waals surface area contributed by atoms with Crippen molar-refractivity contribution >= 4 is 5.69 Å². The van der Waals surface area contributed by atoms with E-state index in [9.17, 15) is 0 Å². The Balaban J connectivity index is 0.000000741. The van der Waals surface area contributed by atoms with E-state index in [0.29, 0.717) is 0 Å². The second-order valence-electron chi connectivity index (χ2n) is 3.73. The van der Waals surface area contributed by atoms with Crippen LogP contribution in [0.15, 0.2) is 54.6 Å². The molecule has 0 atom stereocenters. The van der Waals surface area contributed by atoms with Crippen LogP contribution < -0.4 is 5.73 Å². The number of hydrogen-bond acceptors (Lipinski definition) is 1. The second kappa shape index (κ2) is 11.3. The van der Waals surface area contributed by atoms with Crippen molar-refractivity contribution < 1.29 is 0 Å². The van der Waals surface area contributed by atoms with Crippen molar-refractivity contribution in [3.05, 3.63) is 65.7 Å². The lowest BCUT2D eigenvalue weighted by Crippen LogP contribution is -1.91. The fourth-order valence-corrected chi connectivity index (χ4v) is 1.62. The maximum absolute atomic E-state index is 5.63. The van der Waals surface area contributed by atoms with E-state index >= 15 is 0 Å². The minimum absolute atomic E-state index is 0.832. The molecule has 2 aromatic rings. The van der Waals surface area contributed by atoms with Crippen molar-refractivity contribution in [2.24, 2.45) is 0 Å². The van der Waals surface area contributed by atoms with E-state index in [-0.39, 0.29) is 0 Å². The fraction of sp³-hybridized carbons (Fsp3) is 0.333. The summed E-state index contributed by atoms with van der Waals surface area (Å²) >= 11 is 0. The molecule has 0 fully saturated rings. The summed E-state index contributed by atoms with van der Waals surface area (Å²) in [5.74, 6) is 0. The normalized spacial score (nSPS) is 8.63. The van der Waals surface area contributed by atoms with Crippen LogP contribution in [0.4, 0.5) is 5.69 Å². The summed E-state index contributed by atoms with van der Waals surface area (Å²) in [5, 5.41) is 0. The van der Waals surface area contributed by atoms with Gasteiger partial charge in [0.2, 0.25) is 0 Å². The molecule has 2 N–H and O–H groups in total. The molecule has 19 heavy (non-hydrogen) atoms. The fourth-order valence-electron chi connectivity index (χ4n) is 1.62. The van der Waals surface area contributed by atoms with E-state index in [1.807, 2.05) is 45.9 Å². The Morgan fingerprint density at radius 1 is 0.632 bits per heavy atom. The molecule has 0 amide bonds. The van der Waals surface area contributed by atoms with Gasteiger partial charge in [0, 0.05) is 5.69 Å². The third-order valence-corrected chi connectivity index (χ3v) is 2.52. The molecule has 2 rings (SSSR count). The molecule has 104 valence electrons. The number of nitrogen functional groups attached to an aromatic ring is 1. The molecule has 0 spiro atoms. The van der Waals surface area contributed by atoms with Gasteiger partial charge in [0.25, 0.3) is 0 Å². The molecule has 0 radical (unpaired) electrons. The summed E-state index contributed by atoms with van der Waals surface area (Å²) in [5.41, 5.74) is 9.19. The van der Waals surface area contributed by atoms with Crippen LogP contribution in [-0.2, 0) is 12.8 Å². The molecule has 0 aliphatic carbocycles. The molecule has 0 unspecified atom stereocenters. The average molecular weight is 257 g/mol. The third-order valence-electron chi connectivity index (χ3n) is 2.52. The SMILES string of the molecule is CC.CC.Nc1ccc(CCc2ccccc2)cc1. The predicted octanol–water partition coefficient (Wildman–Crippen LogP) is 5.11. The third kappa shape index (κ3) is 7.30. The largest absolute Gasteiger partial charge is 0.399 e. The second-order valence-corrected chi connectivity index (χ2v) is 3.73. The van der Waals surface area contributed by atoms with Gasteiger partial charge in [-0.2, -0.15) is 0 Å². The first-order chi connectivity index (χ1) is 9.34. The summed E-state index contributed by atoms with van der Waals surface area (Å²) in [6.07, 6.45) is 2.16. The molecule has 0 aromatic heterocycles. The molecular formula is C18H27N. The first-order valence-corrected chi connectivity index (χ1v) is 7.23. The molecule has 0 aliphatic heterocycles. The molecular weight excluding hydrogens is 230 g/mol. The Labute approximate surface area is 118 Å². The molecule has 0 saturated heterocycles. The molecule has 0 aliphatic rings. The Kier molecular flexibility index (Phi) is 10.3. The van der Waals surface area contributed by atoms with Gasteiger partial charge in [-0.25, -0.2) is 0 Å². The van der Waals surface area contributed by atoms with Crippen molar-refractivity contribution in [1.82, 2.24) is 0 Å². The highest BCUT2D eigenvalue weighted by Gasteiger charge is 1.94. The molecule has 1 heteroatoms. The zero-order valence-corrected chi connectivity index (χ0v) is 12.7. The van der Waals surface area contributed by atoms with Gasteiger partial charge in [-0.3, -0.25) is 0 Å². The summed E-state index contributed by atoms with van der Waals surface area (Å²) in [7, 11) is 0. The van der Waals surface area contributed by atoms with Crippen LogP contribution in [0.3, 0.4) is 0 Å². The molecule has 0 heterocycles. The number of anilines is 1. The zero-order valence-electron chi connectivity index (χ0n) is 12.7. The highest BCUT2D eigenvalue weighted by Crippen LogP contribution is 2.09. The van der Waals surface area contributed by atoms with Crippen LogP contribution in [0.5, 0.6) is 0 Å². The van der Waals surface area contributed by atoms with Gasteiger partial charge in [-0.1, -0.05) is 70.2 Å². The van der Waals surface area contributed by atoms with Gasteiger partial charge in [0.15, 0.2) is 0 Å². The van der Waals surface area contributed by atoms with Gasteiger partial charge >= 0.3 is 0 Å². The lowest BCUT2D eigenvalue weighted by Gasteiger charge is -2.02. The highest BCUT2D eigenvalue weighted by molar-refractivity contribution is 5.39. The van der Waals surface area contributed by atoms with Crippen LogP contribution in [0.1, 0.15) is 38.8 Å². The zero-order chi connectivity index (χ0) is 14.5. The van der Waals surface area contributed by atoms with Crippen molar-refractivity contribution in [3.8, 4) is 0 Å². The number of rotatable bonds is 3. The maximum Gasteiger partial charge on any atom is 0.0314 e. The van der Waals surface area contributed by atoms with Gasteiger partial charge in [0.05, 0.1) is 0 Å². The van der Waals surface area contributed by atoms with Crippen LogP contribution in [0.25, 0.3) is 0 Å². The van der Waals surface area contributed by atoms with Crippen molar-refractivity contribution in [2.75, 3.05) is 5.73 Å². The van der Waals surface area contributed by atoms with Crippen molar-refractivity contribution in [2.45, 2.75) is 40.5 Å². The van der Waals surface area contributed by atoms with E-state index in [2.05, 4.69) is 36.4 Å². The number of aryl methyl sites for hydroxylation is 2. The Bertz CT molecular complexity index is 403. The van der Waals surface area contributed by atoms with E-state index in [0.717, 1.165) is 18.5 Å². The lowest BCUT2D eigenvalue weighted by atomic mass is 10.0. The van der Waals surface area contributed by atoms with Crippen LogP contribution in [0, 0.1) is 0 Å². The van der Waals surface area contributed by atoms with Gasteiger partial charge in [-0.05, 0) is 36.1 Å². The average Bonchev–Trinajstić information content (AvgIpc) is 2.52. The quantitative estimate of drug-likeness (QED) is 0.760. The van der Waals surface area contributed by atoms with Crippen LogP contribution >= 0.6 is 0 Å². The van der Waals surface area contributed by atoms with Gasteiger partial charge in [-0.15, -0.1) is 0 Å². The summed E-state index contributed by atoms with van der Waals surface area (Å²) in [6.45, 7) is 8.00. The van der Waals surface area contributed by atoms with Crippen molar-refractivity contribution in [3.63, 3.8) is 0 Å². The lowest BCUT2D eigenvalue weighted by molar-refractivity contribution is 0.961. The van der Waals surface area contributed by atoms with E-state index in [1.54, 1.807) is 0 Å². The first kappa shape index (κ1) is 17.2. The van der Waals surface area contributed by atoms with Crippen molar-refractivity contribution in [1.29, 1.82) is 0 Å². The molecule has 1 nitrogen and oxygen atoms in total. The smallest absolute Gasteiger partial charge is 0.0314 e. The number of hydrogen-bond donors (Lipinski definition) is 1. The summed E-state index contributed by atoms with van der Waals surface area (Å²) < 4.78 is 0. The molecule has 0 saturated carbocycles. The Hall–Kier alpha value is -1.76. The first-order valence-electron chi connectivity index (χ1n) is 7.23. The van der Waals surface area contributed by atoms with Gasteiger partial charge < -0.3 is 5.73 Å². The number of nitrogens with two attached hydrogens (primary N) is 1. The maximum atomic E-state index is 5.63.